The van der Waals surface area contributed by atoms with E-state index in [9.17, 15) is 9.90 Å². The van der Waals surface area contributed by atoms with Gasteiger partial charge in [-0.3, -0.25) is 9.59 Å². The molecule has 1 unspecified atom stereocenters. The van der Waals surface area contributed by atoms with Crippen LogP contribution < -0.4 is 20.5 Å². The predicted molar refractivity (Wildman–Crippen MR) is 145 cm³/mol. The van der Waals surface area contributed by atoms with E-state index < -0.39 is 12.1 Å². The number of carboxylic acid groups (broad SMARTS) is 1. The number of benzene rings is 2. The van der Waals surface area contributed by atoms with E-state index in [4.69, 9.17) is 19.5 Å². The molecular formula is C29H38N2O6. The summed E-state index contributed by atoms with van der Waals surface area (Å²) in [5, 5.41) is 23.0. The number of aliphatic hydroxyl groups excluding tert-OH is 1. The molecule has 0 saturated heterocycles. The van der Waals surface area contributed by atoms with Crippen molar-refractivity contribution in [2.24, 2.45) is 0 Å². The zero-order valence-corrected chi connectivity index (χ0v) is 22.6. The Hall–Kier alpha value is -3.36. The maximum atomic E-state index is 12.3. The van der Waals surface area contributed by atoms with E-state index in [0.29, 0.717) is 23.9 Å². The van der Waals surface area contributed by atoms with Gasteiger partial charge in [-0.1, -0.05) is 26.0 Å². The van der Waals surface area contributed by atoms with Crippen LogP contribution in [0.1, 0.15) is 60.3 Å². The van der Waals surface area contributed by atoms with Gasteiger partial charge in [0.2, 0.25) is 0 Å². The Bertz CT molecular complexity index is 1290. The maximum absolute atomic E-state index is 12.3. The third-order valence-corrected chi connectivity index (χ3v) is 6.90. The number of carbonyl (C=O) groups is 1. The van der Waals surface area contributed by atoms with Crippen LogP contribution in [0.25, 0.3) is 10.9 Å². The second-order valence-corrected chi connectivity index (χ2v) is 9.37. The van der Waals surface area contributed by atoms with Gasteiger partial charge in [-0.15, -0.1) is 4.73 Å². The Morgan fingerprint density at radius 3 is 2.16 bits per heavy atom. The molecule has 1 aliphatic rings. The summed E-state index contributed by atoms with van der Waals surface area (Å²) >= 11 is 0. The van der Waals surface area contributed by atoms with Crippen molar-refractivity contribution in [2.75, 3.05) is 20.8 Å². The van der Waals surface area contributed by atoms with Gasteiger partial charge in [-0.2, -0.15) is 0 Å². The molecule has 0 aliphatic heterocycles. The summed E-state index contributed by atoms with van der Waals surface area (Å²) in [6.45, 7) is 7.89. The third kappa shape index (κ3) is 6.14. The number of ether oxygens (including phenoxy) is 1. The van der Waals surface area contributed by atoms with Gasteiger partial charge in [0.1, 0.15) is 18.4 Å². The van der Waals surface area contributed by atoms with E-state index in [1.54, 1.807) is 13.2 Å². The van der Waals surface area contributed by atoms with E-state index in [-0.39, 0.29) is 5.56 Å². The lowest BCUT2D eigenvalue weighted by molar-refractivity contribution is -0.134. The molecule has 1 heterocycles. The molecule has 0 spiro atoms. The van der Waals surface area contributed by atoms with Crippen molar-refractivity contribution in [1.29, 1.82) is 0 Å². The fourth-order valence-corrected chi connectivity index (χ4v) is 5.26. The molecule has 37 heavy (non-hydrogen) atoms. The fraction of sp³-hybridized carbons (Fsp3) is 0.448. The van der Waals surface area contributed by atoms with Crippen LogP contribution in [0.15, 0.2) is 35.1 Å². The number of nitrogens with one attached hydrogen (secondary N) is 1. The van der Waals surface area contributed by atoms with Crippen molar-refractivity contribution < 1.29 is 24.6 Å². The zero-order chi connectivity index (χ0) is 27.3. The lowest BCUT2D eigenvalue weighted by Gasteiger charge is -2.22. The third-order valence-electron chi connectivity index (χ3n) is 6.90. The van der Waals surface area contributed by atoms with Crippen molar-refractivity contribution in [3.05, 3.63) is 74.1 Å². The van der Waals surface area contributed by atoms with Gasteiger partial charge in [-0.05, 0) is 78.1 Å². The highest BCUT2D eigenvalue weighted by Gasteiger charge is 2.25. The van der Waals surface area contributed by atoms with Crippen molar-refractivity contribution in [3.63, 3.8) is 0 Å². The summed E-state index contributed by atoms with van der Waals surface area (Å²) in [6, 6.07) is 10.1. The first-order valence-corrected chi connectivity index (χ1v) is 12.7. The van der Waals surface area contributed by atoms with Crippen molar-refractivity contribution in [3.8, 4) is 5.75 Å². The summed E-state index contributed by atoms with van der Waals surface area (Å²) in [5.74, 6) is -0.296. The molecular weight excluding hydrogens is 472 g/mol. The van der Waals surface area contributed by atoms with Crippen LogP contribution in [-0.2, 0) is 30.5 Å². The van der Waals surface area contributed by atoms with Gasteiger partial charge in [0.15, 0.2) is 0 Å². The van der Waals surface area contributed by atoms with Crippen molar-refractivity contribution >= 4 is 16.9 Å². The highest BCUT2D eigenvalue weighted by Crippen LogP contribution is 2.34. The number of aliphatic hydroxyl groups is 1. The molecule has 4 rings (SSSR count). The number of aryl methyl sites for hydroxylation is 3. The minimum atomic E-state index is -0.833. The Balaban J connectivity index is 0.000000886. The van der Waals surface area contributed by atoms with E-state index in [1.165, 1.54) is 40.2 Å². The number of rotatable bonds is 8. The molecule has 0 radical (unpaired) electrons. The first-order valence-electron chi connectivity index (χ1n) is 12.7. The molecule has 0 fully saturated rings. The fourth-order valence-electron chi connectivity index (χ4n) is 5.26. The number of methoxy groups -OCH3 is 1. The van der Waals surface area contributed by atoms with Gasteiger partial charge in [0.25, 0.3) is 11.5 Å². The summed E-state index contributed by atoms with van der Waals surface area (Å²) in [7, 11) is 3.01. The normalized spacial score (nSPS) is 13.6. The molecule has 0 bridgehead atoms. The quantitative estimate of drug-likeness (QED) is 0.426. The number of pyridine rings is 1. The topological polar surface area (TPSA) is 110 Å². The Labute approximate surface area is 217 Å². The first-order chi connectivity index (χ1) is 17.6. The highest BCUT2D eigenvalue weighted by molar-refractivity contribution is 5.89. The number of nitrogens with zero attached hydrogens (tertiary/aromatic N) is 1. The highest BCUT2D eigenvalue weighted by atomic mass is 16.7. The van der Waals surface area contributed by atoms with Crippen LogP contribution in [0.4, 0.5) is 0 Å². The molecule has 3 aromatic rings. The van der Waals surface area contributed by atoms with Gasteiger partial charge in [-0.25, -0.2) is 0 Å². The molecule has 0 amide bonds. The lowest BCUT2D eigenvalue weighted by atomic mass is 9.96. The van der Waals surface area contributed by atoms with E-state index in [0.717, 1.165) is 49.1 Å². The first kappa shape index (κ1) is 28.2. The SMILES string of the molecule is CC(=O)O.CCc1cc2c(cc1CC)CC(NCC(O)c1c(C)cc(OC)c3c1ccc(=O)n3OC)C2. The van der Waals surface area contributed by atoms with Gasteiger partial charge in [0, 0.05) is 31.0 Å². The predicted octanol–water partition coefficient (Wildman–Crippen LogP) is 3.38. The van der Waals surface area contributed by atoms with Crippen LogP contribution in [0.2, 0.25) is 0 Å². The van der Waals surface area contributed by atoms with Crippen LogP contribution in [0.3, 0.4) is 0 Å². The smallest absolute Gasteiger partial charge is 0.300 e. The molecule has 1 aliphatic carbocycles. The molecule has 1 atom stereocenters. The summed E-state index contributed by atoms with van der Waals surface area (Å²) < 4.78 is 6.73. The molecule has 1 aromatic heterocycles. The number of aliphatic carboxylic acids is 1. The average Bonchev–Trinajstić information content (AvgIpc) is 3.27. The average molecular weight is 511 g/mol. The minimum absolute atomic E-state index is 0.285. The largest absolute Gasteiger partial charge is 0.494 e. The Morgan fingerprint density at radius 2 is 1.68 bits per heavy atom. The van der Waals surface area contributed by atoms with Gasteiger partial charge < -0.3 is 25.1 Å². The standard InChI is InChI=1S/C27H34N2O4.C2H4O2/c1-6-17-11-19-13-21(14-20(19)12-18(17)7-2)28-15-23(30)26-16(3)10-24(32-4)27-22(26)8-9-25(31)29(27)33-5;1-2(3)4/h8-12,21,23,28,30H,6-7,13-15H2,1-5H3;1H3,(H,3,4). The maximum Gasteiger partial charge on any atom is 0.300 e. The summed E-state index contributed by atoms with van der Waals surface area (Å²) in [4.78, 5) is 26.6. The number of carboxylic acids is 1. The molecule has 8 heteroatoms. The lowest BCUT2D eigenvalue weighted by Crippen LogP contribution is -2.33. The monoisotopic (exact) mass is 510 g/mol. The van der Waals surface area contributed by atoms with Crippen LogP contribution >= 0.6 is 0 Å². The number of aromatic nitrogens is 1. The van der Waals surface area contributed by atoms with Gasteiger partial charge in [0.05, 0.1) is 13.2 Å². The van der Waals surface area contributed by atoms with E-state index in [2.05, 4.69) is 31.3 Å². The number of hydrogen-bond donors (Lipinski definition) is 3. The van der Waals surface area contributed by atoms with E-state index >= 15 is 0 Å². The van der Waals surface area contributed by atoms with Crippen LogP contribution in [-0.4, -0.2) is 47.7 Å². The summed E-state index contributed by atoms with van der Waals surface area (Å²) in [5.41, 5.74) is 7.67. The van der Waals surface area contributed by atoms with Crippen molar-refractivity contribution in [2.45, 2.75) is 65.5 Å². The minimum Gasteiger partial charge on any atom is -0.494 e. The van der Waals surface area contributed by atoms with Crippen LogP contribution in [0, 0.1) is 6.92 Å². The number of fused-ring (bicyclic) bond motifs is 2. The van der Waals surface area contributed by atoms with E-state index in [1.807, 2.05) is 13.0 Å². The zero-order valence-electron chi connectivity index (χ0n) is 22.6. The molecule has 200 valence electrons. The number of hydrogen-bond acceptors (Lipinski definition) is 6. The molecule has 2 aromatic carbocycles. The van der Waals surface area contributed by atoms with Crippen LogP contribution in [0.5, 0.6) is 5.75 Å². The van der Waals surface area contributed by atoms with Gasteiger partial charge >= 0.3 is 0 Å². The second kappa shape index (κ2) is 12.3. The Kier molecular flexibility index (Phi) is 9.34. The molecule has 3 N–H and O–H groups in total. The molecule has 0 saturated carbocycles. The Morgan fingerprint density at radius 1 is 1.11 bits per heavy atom. The molecule has 8 nitrogen and oxygen atoms in total. The summed E-state index contributed by atoms with van der Waals surface area (Å²) in [6.07, 6.45) is 3.34. The van der Waals surface area contributed by atoms with Crippen molar-refractivity contribution in [1.82, 2.24) is 10.0 Å². The second-order valence-electron chi connectivity index (χ2n) is 9.37.